The Morgan fingerprint density at radius 3 is 1.86 bits per heavy atom. The van der Waals surface area contributed by atoms with E-state index in [9.17, 15) is 22.0 Å². The number of piperazine rings is 1. The van der Waals surface area contributed by atoms with Crippen LogP contribution < -0.4 is 0 Å². The summed E-state index contributed by atoms with van der Waals surface area (Å²) in [6, 6.07) is 6.32. The van der Waals surface area contributed by atoms with Crippen LogP contribution in [0.25, 0.3) is 0 Å². The highest BCUT2D eigenvalue weighted by Gasteiger charge is 2.32. The average Bonchev–Trinajstić information content (AvgIpc) is 2.59. The second-order valence-electron chi connectivity index (χ2n) is 7.08. The number of hydrogen-bond acceptors (Lipinski definition) is 3. The molecule has 0 atom stereocenters. The van der Waals surface area contributed by atoms with Gasteiger partial charge < -0.3 is 4.90 Å². The summed E-state index contributed by atoms with van der Waals surface area (Å²) in [5, 5.41) is 0. The van der Waals surface area contributed by atoms with Gasteiger partial charge in [0, 0.05) is 37.8 Å². The molecule has 0 radical (unpaired) electrons. The smallest absolute Gasteiger partial charge is 0.254 e. The molecule has 1 aliphatic rings. The average molecular weight is 408 g/mol. The number of halogens is 2. The number of amides is 1. The molecular formula is C20H22F2N2O3S. The molecule has 0 unspecified atom stereocenters. The summed E-state index contributed by atoms with van der Waals surface area (Å²) >= 11 is 0. The van der Waals surface area contributed by atoms with Crippen LogP contribution in [0.2, 0.25) is 0 Å². The molecule has 0 saturated carbocycles. The molecular weight excluding hydrogens is 386 g/mol. The van der Waals surface area contributed by atoms with Crippen molar-refractivity contribution in [2.75, 3.05) is 26.2 Å². The Hall–Kier alpha value is -2.32. The maximum Gasteiger partial charge on any atom is 0.254 e. The lowest BCUT2D eigenvalue weighted by atomic mass is 10.1. The molecule has 0 N–H and O–H groups in total. The molecule has 1 fully saturated rings. The molecule has 8 heteroatoms. The van der Waals surface area contributed by atoms with E-state index in [1.54, 1.807) is 13.8 Å². The van der Waals surface area contributed by atoms with Gasteiger partial charge in [0.2, 0.25) is 10.0 Å². The number of aryl methyl sites for hydroxylation is 3. The normalized spacial score (nSPS) is 15.7. The predicted molar refractivity (Wildman–Crippen MR) is 102 cm³/mol. The fourth-order valence-electron chi connectivity index (χ4n) is 3.69. The van der Waals surface area contributed by atoms with Crippen molar-refractivity contribution in [2.45, 2.75) is 25.7 Å². The molecule has 0 aliphatic carbocycles. The van der Waals surface area contributed by atoms with E-state index >= 15 is 0 Å². The predicted octanol–water partition coefficient (Wildman–Crippen LogP) is 3.04. The van der Waals surface area contributed by atoms with Crippen LogP contribution in [0.3, 0.4) is 0 Å². The van der Waals surface area contributed by atoms with E-state index < -0.39 is 27.6 Å². The van der Waals surface area contributed by atoms with Crippen molar-refractivity contribution in [1.29, 1.82) is 0 Å². The Morgan fingerprint density at radius 2 is 1.36 bits per heavy atom. The molecule has 5 nitrogen and oxygen atoms in total. The first-order valence-corrected chi connectivity index (χ1v) is 10.4. The van der Waals surface area contributed by atoms with E-state index in [0.717, 1.165) is 17.7 Å². The van der Waals surface area contributed by atoms with Gasteiger partial charge in [0.1, 0.15) is 11.6 Å². The fraction of sp³-hybridized carbons (Fsp3) is 0.350. The minimum Gasteiger partial charge on any atom is -0.336 e. The number of carbonyl (C=O) groups excluding carboxylic acids is 1. The highest BCUT2D eigenvalue weighted by Crippen LogP contribution is 2.26. The van der Waals surface area contributed by atoms with Gasteiger partial charge in [-0.1, -0.05) is 17.7 Å². The van der Waals surface area contributed by atoms with Gasteiger partial charge in [0.15, 0.2) is 0 Å². The summed E-state index contributed by atoms with van der Waals surface area (Å²) in [4.78, 5) is 14.2. The molecule has 150 valence electrons. The zero-order valence-corrected chi connectivity index (χ0v) is 16.8. The summed E-state index contributed by atoms with van der Waals surface area (Å²) < 4.78 is 54.3. The van der Waals surface area contributed by atoms with Crippen molar-refractivity contribution >= 4 is 15.9 Å². The Labute approximate surface area is 163 Å². The third-order valence-corrected chi connectivity index (χ3v) is 7.04. The SMILES string of the molecule is Cc1cc(C)c(S(=O)(=O)N2CCN(C(=O)c3cc(F)cc(F)c3)CC2)c(C)c1. The lowest BCUT2D eigenvalue weighted by Crippen LogP contribution is -2.50. The third kappa shape index (κ3) is 3.93. The zero-order valence-electron chi connectivity index (χ0n) is 16.0. The van der Waals surface area contributed by atoms with Crippen LogP contribution in [-0.2, 0) is 10.0 Å². The number of hydrogen-bond donors (Lipinski definition) is 0. The van der Waals surface area contributed by atoms with Gasteiger partial charge in [-0.05, 0) is 44.0 Å². The van der Waals surface area contributed by atoms with Crippen molar-refractivity contribution in [2.24, 2.45) is 0 Å². The first-order chi connectivity index (χ1) is 13.1. The van der Waals surface area contributed by atoms with Crippen molar-refractivity contribution in [1.82, 2.24) is 9.21 Å². The van der Waals surface area contributed by atoms with Crippen molar-refractivity contribution in [3.05, 3.63) is 64.2 Å². The molecule has 1 saturated heterocycles. The topological polar surface area (TPSA) is 57.7 Å². The maximum atomic E-state index is 13.4. The van der Waals surface area contributed by atoms with E-state index in [-0.39, 0.29) is 31.7 Å². The number of benzene rings is 2. The molecule has 28 heavy (non-hydrogen) atoms. The molecule has 1 amide bonds. The minimum atomic E-state index is -3.69. The quantitative estimate of drug-likeness (QED) is 0.785. The van der Waals surface area contributed by atoms with Gasteiger partial charge in [0.25, 0.3) is 5.91 Å². The van der Waals surface area contributed by atoms with E-state index in [1.165, 1.54) is 9.21 Å². The standard InChI is InChI=1S/C20H22F2N2O3S/c1-13-8-14(2)19(15(3)9-13)28(26,27)24-6-4-23(5-7-24)20(25)16-10-17(21)12-18(22)11-16/h8-12H,4-7H2,1-3H3. The maximum absolute atomic E-state index is 13.4. The molecule has 0 spiro atoms. The third-order valence-electron chi connectivity index (χ3n) is 4.84. The Kier molecular flexibility index (Phi) is 5.54. The number of nitrogens with zero attached hydrogens (tertiary/aromatic N) is 2. The largest absolute Gasteiger partial charge is 0.336 e. The van der Waals surface area contributed by atoms with Crippen LogP contribution in [0.1, 0.15) is 27.0 Å². The Bertz CT molecular complexity index is 986. The summed E-state index contributed by atoms with van der Waals surface area (Å²) in [7, 11) is -3.69. The zero-order chi connectivity index (χ0) is 20.6. The van der Waals surface area contributed by atoms with Gasteiger partial charge >= 0.3 is 0 Å². The number of carbonyl (C=O) groups is 1. The monoisotopic (exact) mass is 408 g/mol. The molecule has 2 aromatic rings. The van der Waals surface area contributed by atoms with Gasteiger partial charge in [-0.3, -0.25) is 4.79 Å². The van der Waals surface area contributed by atoms with E-state index in [1.807, 2.05) is 19.1 Å². The second kappa shape index (κ2) is 7.60. The molecule has 1 aliphatic heterocycles. The Balaban J connectivity index is 1.77. The highest BCUT2D eigenvalue weighted by molar-refractivity contribution is 7.89. The van der Waals surface area contributed by atoms with Crippen LogP contribution in [-0.4, -0.2) is 49.7 Å². The van der Waals surface area contributed by atoms with Gasteiger partial charge in [0.05, 0.1) is 4.90 Å². The summed E-state index contributed by atoms with van der Waals surface area (Å²) in [6.45, 7) is 6.00. The van der Waals surface area contributed by atoms with E-state index in [4.69, 9.17) is 0 Å². The van der Waals surface area contributed by atoms with Crippen LogP contribution >= 0.6 is 0 Å². The highest BCUT2D eigenvalue weighted by atomic mass is 32.2. The first kappa shape index (κ1) is 20.4. The van der Waals surface area contributed by atoms with E-state index in [2.05, 4.69) is 0 Å². The van der Waals surface area contributed by atoms with Crippen LogP contribution in [0.4, 0.5) is 8.78 Å². The van der Waals surface area contributed by atoms with Crippen LogP contribution in [0, 0.1) is 32.4 Å². The van der Waals surface area contributed by atoms with Gasteiger partial charge in [-0.15, -0.1) is 0 Å². The lowest BCUT2D eigenvalue weighted by molar-refractivity contribution is 0.0697. The van der Waals surface area contributed by atoms with Gasteiger partial charge in [-0.25, -0.2) is 17.2 Å². The fourth-order valence-corrected chi connectivity index (χ4v) is 5.53. The van der Waals surface area contributed by atoms with E-state index in [0.29, 0.717) is 22.1 Å². The van der Waals surface area contributed by atoms with Crippen LogP contribution in [0.15, 0.2) is 35.2 Å². The van der Waals surface area contributed by atoms with Crippen molar-refractivity contribution < 1.29 is 22.0 Å². The summed E-state index contributed by atoms with van der Waals surface area (Å²) in [5.74, 6) is -2.16. The number of rotatable bonds is 3. The molecule has 0 bridgehead atoms. The lowest BCUT2D eigenvalue weighted by Gasteiger charge is -2.34. The summed E-state index contributed by atoms with van der Waals surface area (Å²) in [6.07, 6.45) is 0. The molecule has 1 heterocycles. The number of sulfonamides is 1. The first-order valence-electron chi connectivity index (χ1n) is 8.93. The molecule has 3 rings (SSSR count). The second-order valence-corrected chi connectivity index (χ2v) is 8.96. The molecule has 0 aromatic heterocycles. The van der Waals surface area contributed by atoms with Crippen molar-refractivity contribution in [3.63, 3.8) is 0 Å². The molecule has 2 aromatic carbocycles. The minimum absolute atomic E-state index is 0.0842. The van der Waals surface area contributed by atoms with Gasteiger partial charge in [-0.2, -0.15) is 4.31 Å². The van der Waals surface area contributed by atoms with Crippen molar-refractivity contribution in [3.8, 4) is 0 Å². The van der Waals surface area contributed by atoms with Crippen LogP contribution in [0.5, 0.6) is 0 Å². The Morgan fingerprint density at radius 1 is 0.857 bits per heavy atom. The summed E-state index contributed by atoms with van der Waals surface area (Å²) in [5.41, 5.74) is 2.28.